The van der Waals surface area contributed by atoms with Gasteiger partial charge in [0.2, 0.25) is 0 Å². The number of nitrogens with one attached hydrogen (secondary N) is 2. The predicted octanol–water partition coefficient (Wildman–Crippen LogP) is 3.23. The van der Waals surface area contributed by atoms with Gasteiger partial charge in [-0.25, -0.2) is 9.79 Å². The minimum Gasteiger partial charge on any atom is -0.461 e. The topological polar surface area (TPSA) is 83.0 Å². The Bertz CT molecular complexity index is 992. The smallest absolute Gasteiger partial charge is 0.324 e. The second kappa shape index (κ2) is 8.00. The molecule has 0 bridgehead atoms. The van der Waals surface area contributed by atoms with E-state index < -0.39 is 6.03 Å². The van der Waals surface area contributed by atoms with Crippen molar-refractivity contribution < 1.29 is 14.3 Å². The molecule has 148 valence electrons. The molecule has 2 aromatic carbocycles. The van der Waals surface area contributed by atoms with Crippen molar-refractivity contribution in [3.8, 4) is 0 Å². The summed E-state index contributed by atoms with van der Waals surface area (Å²) in [7, 11) is 0. The molecule has 2 amide bonds. The van der Waals surface area contributed by atoms with E-state index in [0.29, 0.717) is 35.2 Å². The number of rotatable bonds is 2. The number of nitrogens with zero attached hydrogens (tertiary/aromatic N) is 2. The van der Waals surface area contributed by atoms with Crippen molar-refractivity contribution in [2.75, 3.05) is 11.9 Å². The van der Waals surface area contributed by atoms with E-state index in [9.17, 15) is 9.59 Å². The van der Waals surface area contributed by atoms with Gasteiger partial charge in [-0.15, -0.1) is 0 Å². The van der Waals surface area contributed by atoms with E-state index in [-0.39, 0.29) is 18.1 Å². The number of thiocarbonyl (C=S) groups is 1. The second-order valence-electron chi connectivity index (χ2n) is 6.90. The average molecular weight is 408 g/mol. The maximum atomic E-state index is 12.6. The molecule has 8 heteroatoms. The van der Waals surface area contributed by atoms with Crippen molar-refractivity contribution in [3.05, 3.63) is 60.2 Å². The first-order valence-electron chi connectivity index (χ1n) is 9.30. The summed E-state index contributed by atoms with van der Waals surface area (Å²) in [6, 6.07) is 16.0. The van der Waals surface area contributed by atoms with Crippen LogP contribution in [0, 0.1) is 0 Å². The van der Waals surface area contributed by atoms with E-state index in [0.717, 1.165) is 5.56 Å². The Morgan fingerprint density at radius 3 is 2.59 bits per heavy atom. The van der Waals surface area contributed by atoms with Crippen LogP contribution in [0.1, 0.15) is 18.9 Å². The molecular weight excluding hydrogens is 388 g/mol. The van der Waals surface area contributed by atoms with Gasteiger partial charge in [-0.3, -0.25) is 10.1 Å². The van der Waals surface area contributed by atoms with Gasteiger partial charge < -0.3 is 15.0 Å². The summed E-state index contributed by atoms with van der Waals surface area (Å²) in [5, 5.41) is 5.67. The largest absolute Gasteiger partial charge is 0.461 e. The van der Waals surface area contributed by atoms with Gasteiger partial charge in [0.1, 0.15) is 16.9 Å². The van der Waals surface area contributed by atoms with Crippen LogP contribution in [-0.2, 0) is 9.53 Å². The molecule has 2 aromatic rings. The quantitative estimate of drug-likeness (QED) is 0.589. The lowest BCUT2D eigenvalue weighted by atomic mass is 10.1. The molecular formula is C21H20N4O3S. The zero-order chi connectivity index (χ0) is 20.4. The highest BCUT2D eigenvalue weighted by atomic mass is 32.1. The summed E-state index contributed by atoms with van der Waals surface area (Å²) in [4.78, 5) is 31.3. The van der Waals surface area contributed by atoms with Crippen LogP contribution >= 0.6 is 12.2 Å². The number of carbonyl (C=O) groups is 2. The lowest BCUT2D eigenvalue weighted by molar-refractivity contribution is -0.145. The molecule has 0 radical (unpaired) electrons. The molecule has 1 saturated heterocycles. The van der Waals surface area contributed by atoms with Crippen molar-refractivity contribution in [2.45, 2.75) is 25.5 Å². The number of hydrogen-bond donors (Lipinski definition) is 2. The molecule has 7 nitrogen and oxygen atoms in total. The third-order valence-electron chi connectivity index (χ3n) is 4.82. The third kappa shape index (κ3) is 4.12. The number of para-hydroxylation sites is 2. The van der Waals surface area contributed by atoms with Crippen molar-refractivity contribution in [2.24, 2.45) is 4.99 Å². The highest BCUT2D eigenvalue weighted by Crippen LogP contribution is 2.32. The van der Waals surface area contributed by atoms with Crippen LogP contribution in [0.4, 0.5) is 16.2 Å². The van der Waals surface area contributed by atoms with Gasteiger partial charge in [0.25, 0.3) is 0 Å². The summed E-state index contributed by atoms with van der Waals surface area (Å²) in [5.74, 6) is 0.132. The third-order valence-corrected chi connectivity index (χ3v) is 5.27. The van der Waals surface area contributed by atoms with Crippen LogP contribution < -0.4 is 10.6 Å². The molecule has 2 aliphatic rings. The van der Waals surface area contributed by atoms with Crippen molar-refractivity contribution in [1.82, 2.24) is 10.2 Å². The van der Waals surface area contributed by atoms with E-state index in [1.807, 2.05) is 47.4 Å². The lowest BCUT2D eigenvalue weighted by Gasteiger charge is -2.25. The van der Waals surface area contributed by atoms with Gasteiger partial charge in [0.05, 0.1) is 18.3 Å². The molecule has 2 N–H and O–H groups in total. The van der Waals surface area contributed by atoms with Crippen molar-refractivity contribution in [1.29, 1.82) is 0 Å². The van der Waals surface area contributed by atoms with Crippen molar-refractivity contribution >= 4 is 46.4 Å². The monoisotopic (exact) mass is 408 g/mol. The summed E-state index contributed by atoms with van der Waals surface area (Å²) >= 11 is 5.71. The number of benzene rings is 2. The van der Waals surface area contributed by atoms with Crippen LogP contribution in [0.3, 0.4) is 0 Å². The molecule has 1 fully saturated rings. The fourth-order valence-corrected chi connectivity index (χ4v) is 4.00. The number of fused-ring (bicyclic) bond motifs is 2. The summed E-state index contributed by atoms with van der Waals surface area (Å²) in [6.07, 6.45) is 0.183. The standard InChI is InChI=1S/C21H20N4O3S/c1-13(26)28-15-11-18-19(24-21(27)22-14-7-3-2-4-8-14)23-17-10-6-5-9-16(17)20(29)25(18)12-15/h2-10,15,18H,11-12H2,1H3,(H2,22,23,24,27)/t15-,18+/m1/s1. The lowest BCUT2D eigenvalue weighted by Crippen LogP contribution is -2.47. The molecule has 2 aliphatic heterocycles. The SMILES string of the molecule is CC(=O)O[C@@H]1C[C@H]2C(NC(=O)Nc3ccccc3)=Nc3ccccc3C(=S)N2C1. The number of ether oxygens (including phenoxy) is 1. The first-order valence-corrected chi connectivity index (χ1v) is 9.71. The Balaban J connectivity index is 1.62. The van der Waals surface area contributed by atoms with Gasteiger partial charge >= 0.3 is 12.0 Å². The van der Waals surface area contributed by atoms with Crippen LogP contribution in [-0.4, -0.2) is 46.4 Å². The molecule has 0 spiro atoms. The minimum atomic E-state index is -0.392. The van der Waals surface area contributed by atoms with E-state index >= 15 is 0 Å². The molecule has 0 saturated carbocycles. The van der Waals surface area contributed by atoms with Gasteiger partial charge in [0.15, 0.2) is 0 Å². The maximum Gasteiger partial charge on any atom is 0.324 e. The number of esters is 1. The summed E-state index contributed by atoms with van der Waals surface area (Å²) in [5.41, 5.74) is 2.19. The Hall–Kier alpha value is -3.26. The summed E-state index contributed by atoms with van der Waals surface area (Å²) in [6.45, 7) is 1.84. The highest BCUT2D eigenvalue weighted by Gasteiger charge is 2.41. The number of aliphatic imine (C=N–C) groups is 1. The highest BCUT2D eigenvalue weighted by molar-refractivity contribution is 7.80. The minimum absolute atomic E-state index is 0.291. The van der Waals surface area contributed by atoms with Crippen LogP contribution in [0.5, 0.6) is 0 Å². The zero-order valence-corrected chi connectivity index (χ0v) is 16.6. The van der Waals surface area contributed by atoms with E-state index in [2.05, 4.69) is 10.6 Å². The van der Waals surface area contributed by atoms with E-state index in [1.165, 1.54) is 6.92 Å². The van der Waals surface area contributed by atoms with Crippen LogP contribution in [0.25, 0.3) is 0 Å². The first-order chi connectivity index (χ1) is 14.0. The molecule has 29 heavy (non-hydrogen) atoms. The van der Waals surface area contributed by atoms with Gasteiger partial charge in [-0.1, -0.05) is 42.5 Å². The van der Waals surface area contributed by atoms with Gasteiger partial charge in [-0.05, 0) is 24.3 Å². The van der Waals surface area contributed by atoms with Gasteiger partial charge in [-0.2, -0.15) is 0 Å². The second-order valence-corrected chi connectivity index (χ2v) is 7.29. The molecule has 2 atom stereocenters. The molecule has 0 unspecified atom stereocenters. The van der Waals surface area contributed by atoms with E-state index in [1.54, 1.807) is 12.1 Å². The van der Waals surface area contributed by atoms with Crippen LogP contribution in [0.15, 0.2) is 59.6 Å². The molecule has 4 rings (SSSR count). The Kier molecular flexibility index (Phi) is 5.26. The normalized spacial score (nSPS) is 20.1. The molecule has 0 aromatic heterocycles. The van der Waals surface area contributed by atoms with Gasteiger partial charge in [0, 0.05) is 24.6 Å². The summed E-state index contributed by atoms with van der Waals surface area (Å²) < 4.78 is 5.41. The maximum absolute atomic E-state index is 12.6. The predicted molar refractivity (Wildman–Crippen MR) is 114 cm³/mol. The Labute approximate surface area is 173 Å². The number of amides is 2. The number of anilines is 1. The fourth-order valence-electron chi connectivity index (χ4n) is 3.62. The number of hydrogen-bond acceptors (Lipinski definition) is 5. The van der Waals surface area contributed by atoms with Crippen LogP contribution in [0.2, 0.25) is 0 Å². The molecule has 2 heterocycles. The number of urea groups is 1. The molecule has 0 aliphatic carbocycles. The first kappa shape index (κ1) is 19.1. The number of amidine groups is 1. The van der Waals surface area contributed by atoms with E-state index in [4.69, 9.17) is 21.9 Å². The average Bonchev–Trinajstić information content (AvgIpc) is 3.07. The zero-order valence-electron chi connectivity index (χ0n) is 15.8. The van der Waals surface area contributed by atoms with Crippen molar-refractivity contribution in [3.63, 3.8) is 0 Å². The number of carbonyl (C=O) groups excluding carboxylic acids is 2. The Morgan fingerprint density at radius 1 is 1.10 bits per heavy atom. The fraction of sp³-hybridized carbons (Fsp3) is 0.238. The Morgan fingerprint density at radius 2 is 1.83 bits per heavy atom.